The number of rotatable bonds is 12. The van der Waals surface area contributed by atoms with Crippen molar-refractivity contribution in [2.45, 2.75) is 58.0 Å². The van der Waals surface area contributed by atoms with E-state index in [1.807, 2.05) is 67.0 Å². The Morgan fingerprint density at radius 3 is 2.17 bits per heavy atom. The number of hydrogen-bond acceptors (Lipinski definition) is 7. The van der Waals surface area contributed by atoms with Gasteiger partial charge in [0, 0.05) is 11.3 Å². The lowest BCUT2D eigenvalue weighted by Gasteiger charge is -2.21. The molecule has 1 saturated carbocycles. The van der Waals surface area contributed by atoms with Gasteiger partial charge in [-0.15, -0.1) is 0 Å². The van der Waals surface area contributed by atoms with E-state index in [2.05, 4.69) is 59.5 Å². The monoisotopic (exact) mass is 668 g/mol. The van der Waals surface area contributed by atoms with Gasteiger partial charge in [0.2, 0.25) is 0 Å². The maximum atomic E-state index is 6.30. The quantitative estimate of drug-likeness (QED) is 0.0554. The summed E-state index contributed by atoms with van der Waals surface area (Å²) in [4.78, 5) is 14.3. The highest BCUT2D eigenvalue weighted by Gasteiger charge is 2.40. The van der Waals surface area contributed by atoms with Crippen molar-refractivity contribution in [3.8, 4) is 0 Å². The second-order valence-corrected chi connectivity index (χ2v) is 12.3. The van der Waals surface area contributed by atoms with Crippen molar-refractivity contribution in [3.05, 3.63) is 99.8 Å². The van der Waals surface area contributed by atoms with Gasteiger partial charge in [-0.3, -0.25) is 0 Å². The molecular weight excluding hydrogens is 631 g/mol. The number of hydrogen-bond donors (Lipinski definition) is 0. The molecular formula is C32H37IN4O4. The maximum Gasteiger partial charge on any atom is 0.165 e. The second-order valence-electron chi connectivity index (χ2n) is 11.3. The number of aromatic nitrogens is 4. The molecule has 3 atom stereocenters. The molecule has 1 fully saturated rings. The van der Waals surface area contributed by atoms with Crippen LogP contribution in [0.4, 0.5) is 0 Å². The van der Waals surface area contributed by atoms with Gasteiger partial charge < -0.3 is 23.5 Å². The fourth-order valence-corrected chi connectivity index (χ4v) is 5.60. The zero-order chi connectivity index (χ0) is 28.8. The Balaban J connectivity index is 1.28. The molecule has 41 heavy (non-hydrogen) atoms. The van der Waals surface area contributed by atoms with E-state index < -0.39 is 0 Å². The van der Waals surface area contributed by atoms with Crippen molar-refractivity contribution in [1.29, 1.82) is 0 Å². The zero-order valence-corrected chi connectivity index (χ0v) is 26.0. The number of halogens is 1. The van der Waals surface area contributed by atoms with Crippen molar-refractivity contribution >= 4 is 33.8 Å². The number of ether oxygens (including phenoxy) is 4. The molecule has 0 saturated heterocycles. The molecule has 2 heterocycles. The molecule has 1 aliphatic rings. The van der Waals surface area contributed by atoms with Crippen LogP contribution in [0.5, 0.6) is 0 Å². The van der Waals surface area contributed by atoms with Crippen molar-refractivity contribution in [1.82, 2.24) is 19.5 Å². The topological polar surface area (TPSA) is 80.5 Å². The summed E-state index contributed by atoms with van der Waals surface area (Å²) < 4.78 is 26.9. The first-order chi connectivity index (χ1) is 19.8. The van der Waals surface area contributed by atoms with Crippen LogP contribution in [0, 0.1) is 9.62 Å². The van der Waals surface area contributed by atoms with Crippen LogP contribution in [-0.4, -0.2) is 45.8 Å². The van der Waals surface area contributed by atoms with Crippen LogP contribution < -0.4 is 0 Å². The van der Waals surface area contributed by atoms with Crippen molar-refractivity contribution in [2.75, 3.05) is 20.2 Å². The molecule has 2 aromatic carbocycles. The van der Waals surface area contributed by atoms with Gasteiger partial charge >= 0.3 is 0 Å². The molecule has 5 rings (SSSR count). The SMILES string of the molecule is C=C1[C@H](COCOCc2ccccc2)[C@@H](OCOCc2ccccc2)C[C@@H]1n1cnc2c(I)nc(C(C)(C)C)nc21. The van der Waals surface area contributed by atoms with Crippen LogP contribution >= 0.6 is 22.6 Å². The first kappa shape index (κ1) is 29.8. The molecule has 0 amide bonds. The lowest BCUT2D eigenvalue weighted by Crippen LogP contribution is -2.25. The summed E-state index contributed by atoms with van der Waals surface area (Å²) in [6.45, 7) is 12.6. The molecule has 0 unspecified atom stereocenters. The molecule has 0 N–H and O–H groups in total. The molecule has 9 heteroatoms. The minimum Gasteiger partial charge on any atom is -0.355 e. The highest BCUT2D eigenvalue weighted by Crippen LogP contribution is 2.42. The molecule has 8 nitrogen and oxygen atoms in total. The summed E-state index contributed by atoms with van der Waals surface area (Å²) in [5.41, 5.74) is 4.65. The third-order valence-electron chi connectivity index (χ3n) is 7.25. The minimum absolute atomic E-state index is 0.0407. The van der Waals surface area contributed by atoms with E-state index in [0.29, 0.717) is 26.2 Å². The van der Waals surface area contributed by atoms with Crippen LogP contribution in [0.2, 0.25) is 0 Å². The summed E-state index contributed by atoms with van der Waals surface area (Å²) in [7, 11) is 0. The number of imidazole rings is 1. The van der Waals surface area contributed by atoms with E-state index >= 15 is 0 Å². The number of fused-ring (bicyclic) bond motifs is 1. The Labute approximate surface area is 255 Å². The molecule has 216 valence electrons. The van der Waals surface area contributed by atoms with Gasteiger partial charge in [-0.25, -0.2) is 15.0 Å². The van der Waals surface area contributed by atoms with E-state index in [4.69, 9.17) is 28.9 Å². The standard InChI is InChI=1S/C32H37IN4O4/c1-22-25(18-40-20-38-16-23-11-7-5-8-12-23)27(41-21-39-17-24-13-9-6-10-14-24)15-26(22)37-19-34-28-29(33)35-31(32(2,3)4)36-30(28)37/h5-14,19,25-27H,1,15-18,20-21H2,2-4H3/t25-,26-,27-/m0/s1. The first-order valence-corrected chi connectivity index (χ1v) is 14.9. The molecule has 4 aromatic rings. The van der Waals surface area contributed by atoms with Crippen LogP contribution in [0.3, 0.4) is 0 Å². The predicted molar refractivity (Wildman–Crippen MR) is 166 cm³/mol. The van der Waals surface area contributed by atoms with E-state index in [1.165, 1.54) is 0 Å². The molecule has 2 aromatic heterocycles. The molecule has 0 bridgehead atoms. The van der Waals surface area contributed by atoms with Gasteiger partial charge in [-0.1, -0.05) is 88.0 Å². The summed E-state index contributed by atoms with van der Waals surface area (Å²) >= 11 is 2.25. The normalized spacial score (nSPS) is 19.3. The Hall–Kier alpha value is -2.70. The Morgan fingerprint density at radius 2 is 1.54 bits per heavy atom. The molecule has 0 aliphatic heterocycles. The fourth-order valence-electron chi connectivity index (χ4n) is 4.99. The first-order valence-electron chi connectivity index (χ1n) is 13.8. The van der Waals surface area contributed by atoms with Gasteiger partial charge in [0.1, 0.15) is 28.6 Å². The van der Waals surface area contributed by atoms with E-state index in [9.17, 15) is 0 Å². The number of nitrogens with zero attached hydrogens (tertiary/aromatic N) is 4. The van der Waals surface area contributed by atoms with Crippen molar-refractivity contribution < 1.29 is 18.9 Å². The average Bonchev–Trinajstić information content (AvgIpc) is 3.52. The third kappa shape index (κ3) is 7.39. The average molecular weight is 669 g/mol. The summed E-state index contributed by atoms with van der Waals surface area (Å²) in [5.74, 6) is 0.749. The Bertz CT molecular complexity index is 1440. The highest BCUT2D eigenvalue weighted by atomic mass is 127. The van der Waals surface area contributed by atoms with E-state index in [0.717, 1.165) is 37.4 Å². The lowest BCUT2D eigenvalue weighted by molar-refractivity contribution is -0.122. The summed E-state index contributed by atoms with van der Waals surface area (Å²) in [6.07, 6.45) is 2.42. The Morgan fingerprint density at radius 1 is 0.902 bits per heavy atom. The van der Waals surface area contributed by atoms with Gasteiger partial charge in [-0.05, 0) is 45.7 Å². The number of benzene rings is 2. The minimum atomic E-state index is -0.187. The van der Waals surface area contributed by atoms with Crippen LogP contribution in [0.1, 0.15) is 50.2 Å². The summed E-state index contributed by atoms with van der Waals surface area (Å²) in [6, 6.07) is 20.1. The molecule has 1 aliphatic carbocycles. The van der Waals surface area contributed by atoms with Crippen molar-refractivity contribution in [2.24, 2.45) is 5.92 Å². The highest BCUT2D eigenvalue weighted by molar-refractivity contribution is 14.1. The lowest BCUT2D eigenvalue weighted by atomic mass is 9.96. The van der Waals surface area contributed by atoms with Crippen LogP contribution in [0.15, 0.2) is 79.1 Å². The predicted octanol–water partition coefficient (Wildman–Crippen LogP) is 6.60. The van der Waals surface area contributed by atoms with Gasteiger partial charge in [0.15, 0.2) is 5.65 Å². The van der Waals surface area contributed by atoms with Crippen molar-refractivity contribution in [3.63, 3.8) is 0 Å². The van der Waals surface area contributed by atoms with E-state index in [-0.39, 0.29) is 37.1 Å². The molecule has 0 spiro atoms. The largest absolute Gasteiger partial charge is 0.355 e. The van der Waals surface area contributed by atoms with Gasteiger partial charge in [0.05, 0.1) is 38.3 Å². The Kier molecular flexibility index (Phi) is 9.82. The van der Waals surface area contributed by atoms with Gasteiger partial charge in [-0.2, -0.15) is 0 Å². The van der Waals surface area contributed by atoms with Crippen LogP contribution in [0.25, 0.3) is 11.2 Å². The maximum absolute atomic E-state index is 6.30. The van der Waals surface area contributed by atoms with Gasteiger partial charge in [0.25, 0.3) is 0 Å². The fraction of sp³-hybridized carbons (Fsp3) is 0.406. The zero-order valence-electron chi connectivity index (χ0n) is 23.8. The van der Waals surface area contributed by atoms with Crippen LogP contribution in [-0.2, 0) is 37.6 Å². The molecule has 0 radical (unpaired) electrons. The second kappa shape index (κ2) is 13.5. The summed E-state index contributed by atoms with van der Waals surface area (Å²) in [5, 5.41) is 0. The van der Waals surface area contributed by atoms with E-state index in [1.54, 1.807) is 0 Å². The smallest absolute Gasteiger partial charge is 0.165 e. The third-order valence-corrected chi connectivity index (χ3v) is 8.00.